The lowest BCUT2D eigenvalue weighted by Gasteiger charge is -2.13. The van der Waals surface area contributed by atoms with Gasteiger partial charge in [-0.25, -0.2) is 0 Å². The average molecular weight is 266 g/mol. The molecule has 2 rings (SSSR count). The lowest BCUT2D eigenvalue weighted by molar-refractivity contribution is 0.175. The summed E-state index contributed by atoms with van der Waals surface area (Å²) >= 11 is 6.04. The first-order valence-electron chi connectivity index (χ1n) is 6.58. The minimum absolute atomic E-state index is 0.531. The third-order valence-corrected chi connectivity index (χ3v) is 3.70. The van der Waals surface area contributed by atoms with E-state index < -0.39 is 6.10 Å². The third kappa shape index (κ3) is 3.84. The van der Waals surface area contributed by atoms with Crippen LogP contribution >= 0.6 is 11.6 Å². The molecule has 0 heterocycles. The van der Waals surface area contributed by atoms with Crippen molar-refractivity contribution in [2.45, 2.75) is 31.8 Å². The minimum Gasteiger partial charge on any atom is -0.387 e. The lowest BCUT2D eigenvalue weighted by atomic mass is 10.1. The van der Waals surface area contributed by atoms with Gasteiger partial charge in [0.1, 0.15) is 0 Å². The molecule has 0 saturated heterocycles. The maximum absolute atomic E-state index is 10.0. The summed E-state index contributed by atoms with van der Waals surface area (Å²) in [5.74, 6) is 0. The Balaban J connectivity index is 1.71. The monoisotopic (exact) mass is 265 g/mol. The quantitative estimate of drug-likeness (QED) is 0.610. The molecule has 1 aliphatic carbocycles. The molecule has 1 unspecified atom stereocenters. The van der Waals surface area contributed by atoms with Gasteiger partial charge in [0.05, 0.1) is 6.10 Å². The fourth-order valence-corrected chi connectivity index (χ4v) is 2.57. The van der Waals surface area contributed by atoms with Crippen LogP contribution in [0.1, 0.15) is 37.4 Å². The predicted molar refractivity (Wildman–Crippen MR) is 75.8 cm³/mol. The molecule has 0 fully saturated rings. The van der Waals surface area contributed by atoms with Gasteiger partial charge in [0.25, 0.3) is 0 Å². The molecule has 0 bridgehead atoms. The molecule has 2 nitrogen and oxygen atoms in total. The van der Waals surface area contributed by atoms with E-state index in [0.717, 1.165) is 18.5 Å². The van der Waals surface area contributed by atoms with E-state index in [1.54, 1.807) is 5.57 Å². The molecule has 98 valence electrons. The second-order valence-electron chi connectivity index (χ2n) is 4.75. The van der Waals surface area contributed by atoms with Crippen LogP contribution < -0.4 is 5.32 Å². The fraction of sp³-hybridized carbons (Fsp3) is 0.467. The van der Waals surface area contributed by atoms with Crippen LogP contribution in [0, 0.1) is 0 Å². The van der Waals surface area contributed by atoms with Crippen LogP contribution in [-0.4, -0.2) is 18.2 Å². The summed E-state index contributed by atoms with van der Waals surface area (Å²) in [6, 6.07) is 7.45. The molecule has 0 spiro atoms. The number of aliphatic hydroxyl groups excluding tert-OH is 1. The zero-order chi connectivity index (χ0) is 12.8. The normalized spacial score (nSPS) is 16.7. The fourth-order valence-electron chi connectivity index (χ4n) is 2.31. The van der Waals surface area contributed by atoms with Crippen molar-refractivity contribution in [3.8, 4) is 0 Å². The van der Waals surface area contributed by atoms with Crippen molar-refractivity contribution in [3.63, 3.8) is 0 Å². The van der Waals surface area contributed by atoms with Gasteiger partial charge in [-0.15, -0.1) is 0 Å². The molecular weight excluding hydrogens is 246 g/mol. The number of rotatable bonds is 6. The molecule has 3 heteroatoms. The molecule has 0 radical (unpaired) electrons. The summed E-state index contributed by atoms with van der Waals surface area (Å²) in [5, 5.41) is 13.9. The largest absolute Gasteiger partial charge is 0.387 e. The van der Waals surface area contributed by atoms with E-state index in [2.05, 4.69) is 11.4 Å². The van der Waals surface area contributed by atoms with Crippen LogP contribution in [0.3, 0.4) is 0 Å². The Morgan fingerprint density at radius 3 is 2.89 bits per heavy atom. The Morgan fingerprint density at radius 2 is 2.17 bits per heavy atom. The summed E-state index contributed by atoms with van der Waals surface area (Å²) in [6.45, 7) is 1.48. The van der Waals surface area contributed by atoms with Crippen molar-refractivity contribution >= 4 is 11.6 Å². The van der Waals surface area contributed by atoms with Gasteiger partial charge in [0.15, 0.2) is 0 Å². The average Bonchev–Trinajstić information content (AvgIpc) is 2.88. The predicted octanol–water partition coefficient (Wildman–Crippen LogP) is 3.46. The Labute approximate surface area is 114 Å². The molecular formula is C15H20ClNO. The van der Waals surface area contributed by atoms with Crippen LogP contribution in [-0.2, 0) is 0 Å². The minimum atomic E-state index is -0.531. The highest BCUT2D eigenvalue weighted by molar-refractivity contribution is 6.31. The van der Waals surface area contributed by atoms with Crippen molar-refractivity contribution in [3.05, 3.63) is 46.5 Å². The molecule has 1 aliphatic rings. The van der Waals surface area contributed by atoms with Gasteiger partial charge in [-0.3, -0.25) is 0 Å². The van der Waals surface area contributed by atoms with Crippen molar-refractivity contribution in [2.24, 2.45) is 0 Å². The van der Waals surface area contributed by atoms with Gasteiger partial charge in [-0.1, -0.05) is 41.4 Å². The number of benzene rings is 1. The molecule has 0 aliphatic heterocycles. The first-order valence-corrected chi connectivity index (χ1v) is 6.96. The Kier molecular flexibility index (Phi) is 5.24. The van der Waals surface area contributed by atoms with E-state index in [-0.39, 0.29) is 0 Å². The Hall–Kier alpha value is -0.830. The molecule has 0 aromatic heterocycles. The molecule has 1 aromatic rings. The number of halogens is 1. The summed E-state index contributed by atoms with van der Waals surface area (Å²) in [7, 11) is 0. The van der Waals surface area contributed by atoms with Crippen LogP contribution in [0.2, 0.25) is 5.02 Å². The van der Waals surface area contributed by atoms with E-state index in [4.69, 9.17) is 11.6 Å². The number of hydrogen-bond donors (Lipinski definition) is 2. The van der Waals surface area contributed by atoms with E-state index >= 15 is 0 Å². The lowest BCUT2D eigenvalue weighted by Crippen LogP contribution is -2.22. The smallest absolute Gasteiger partial charge is 0.0928 e. The van der Waals surface area contributed by atoms with Crippen molar-refractivity contribution in [1.82, 2.24) is 5.32 Å². The second-order valence-corrected chi connectivity index (χ2v) is 5.15. The van der Waals surface area contributed by atoms with Gasteiger partial charge >= 0.3 is 0 Å². The van der Waals surface area contributed by atoms with E-state index in [0.29, 0.717) is 11.6 Å². The van der Waals surface area contributed by atoms with Crippen LogP contribution in [0.4, 0.5) is 0 Å². The molecule has 18 heavy (non-hydrogen) atoms. The highest BCUT2D eigenvalue weighted by atomic mass is 35.5. The van der Waals surface area contributed by atoms with Crippen molar-refractivity contribution in [1.29, 1.82) is 0 Å². The van der Waals surface area contributed by atoms with Gasteiger partial charge in [-0.2, -0.15) is 0 Å². The SMILES string of the molecule is OC(CNCCC1=CCCC1)c1ccccc1Cl. The number of aliphatic hydroxyl groups is 1. The molecule has 1 atom stereocenters. The van der Waals surface area contributed by atoms with Crippen LogP contribution in [0.5, 0.6) is 0 Å². The van der Waals surface area contributed by atoms with Crippen molar-refractivity contribution < 1.29 is 5.11 Å². The molecule has 0 amide bonds. The number of nitrogens with one attached hydrogen (secondary N) is 1. The topological polar surface area (TPSA) is 32.3 Å². The molecule has 1 aromatic carbocycles. The highest BCUT2D eigenvalue weighted by Gasteiger charge is 2.10. The van der Waals surface area contributed by atoms with E-state index in [1.165, 1.54) is 19.3 Å². The first-order chi connectivity index (χ1) is 8.77. The Morgan fingerprint density at radius 1 is 1.33 bits per heavy atom. The van der Waals surface area contributed by atoms with Crippen LogP contribution in [0.25, 0.3) is 0 Å². The number of hydrogen-bond acceptors (Lipinski definition) is 2. The number of allylic oxidation sites excluding steroid dienone is 1. The van der Waals surface area contributed by atoms with E-state index in [1.807, 2.05) is 24.3 Å². The summed E-state index contributed by atoms with van der Waals surface area (Å²) in [4.78, 5) is 0. The summed E-state index contributed by atoms with van der Waals surface area (Å²) < 4.78 is 0. The molecule has 0 saturated carbocycles. The summed E-state index contributed by atoms with van der Waals surface area (Å²) in [5.41, 5.74) is 2.35. The maximum atomic E-state index is 10.0. The third-order valence-electron chi connectivity index (χ3n) is 3.36. The zero-order valence-corrected chi connectivity index (χ0v) is 11.3. The van der Waals surface area contributed by atoms with Crippen LogP contribution in [0.15, 0.2) is 35.9 Å². The standard InChI is InChI=1S/C15H20ClNO/c16-14-8-4-3-7-13(14)15(18)11-17-10-9-12-5-1-2-6-12/h3-5,7-8,15,17-18H,1-2,6,9-11H2. The highest BCUT2D eigenvalue weighted by Crippen LogP contribution is 2.22. The summed E-state index contributed by atoms with van der Waals surface area (Å²) in [6.07, 6.45) is 6.68. The zero-order valence-electron chi connectivity index (χ0n) is 10.5. The first kappa shape index (κ1) is 13.6. The van der Waals surface area contributed by atoms with E-state index in [9.17, 15) is 5.11 Å². The maximum Gasteiger partial charge on any atom is 0.0928 e. The van der Waals surface area contributed by atoms with Crippen molar-refractivity contribution in [2.75, 3.05) is 13.1 Å². The van der Waals surface area contributed by atoms with Gasteiger partial charge in [0, 0.05) is 17.1 Å². The van der Waals surface area contributed by atoms with Gasteiger partial charge in [-0.05, 0) is 38.3 Å². The second kappa shape index (κ2) is 6.93. The molecule has 2 N–H and O–H groups in total. The van der Waals surface area contributed by atoms with Gasteiger partial charge < -0.3 is 10.4 Å². The van der Waals surface area contributed by atoms with Gasteiger partial charge in [0.2, 0.25) is 0 Å². The Bertz CT molecular complexity index is 417.